The van der Waals surface area contributed by atoms with E-state index in [9.17, 15) is 0 Å². The van der Waals surface area contributed by atoms with E-state index in [0.717, 1.165) is 18.2 Å². The molecule has 1 aliphatic carbocycles. The molecular weight excluding hydrogens is 210 g/mol. The lowest BCUT2D eigenvalue weighted by Gasteiger charge is -2.16. The highest BCUT2D eigenvalue weighted by molar-refractivity contribution is 4.98. The molecule has 3 nitrogen and oxygen atoms in total. The molecule has 1 aliphatic rings. The van der Waals surface area contributed by atoms with Crippen molar-refractivity contribution in [1.29, 1.82) is 0 Å². The Balaban J connectivity index is 1.76. The molecule has 1 heterocycles. The number of nitrogens with one attached hydrogen (secondary N) is 1. The van der Waals surface area contributed by atoms with E-state index in [1.54, 1.807) is 6.20 Å². The summed E-state index contributed by atoms with van der Waals surface area (Å²) in [6, 6.07) is 4.66. The first kappa shape index (κ1) is 12.5. The molecule has 1 saturated carbocycles. The van der Waals surface area contributed by atoms with Crippen LogP contribution < -0.4 is 5.32 Å². The Labute approximate surface area is 104 Å². The van der Waals surface area contributed by atoms with Gasteiger partial charge in [-0.25, -0.2) is 0 Å². The number of nitrogens with zero attached hydrogens (tertiary/aromatic N) is 2. The summed E-state index contributed by atoms with van der Waals surface area (Å²) in [7, 11) is 0. The monoisotopic (exact) mass is 233 g/mol. The van der Waals surface area contributed by atoms with Crippen molar-refractivity contribution in [2.45, 2.75) is 58.0 Å². The number of aromatic nitrogens is 2. The van der Waals surface area contributed by atoms with E-state index < -0.39 is 0 Å². The van der Waals surface area contributed by atoms with E-state index in [-0.39, 0.29) is 0 Å². The van der Waals surface area contributed by atoms with Crippen molar-refractivity contribution in [3.63, 3.8) is 0 Å². The van der Waals surface area contributed by atoms with Crippen molar-refractivity contribution in [1.82, 2.24) is 15.5 Å². The lowest BCUT2D eigenvalue weighted by Crippen LogP contribution is -2.28. The minimum atomic E-state index is 0.675. The minimum absolute atomic E-state index is 0.675. The van der Waals surface area contributed by atoms with Gasteiger partial charge in [-0.3, -0.25) is 0 Å². The van der Waals surface area contributed by atoms with Gasteiger partial charge in [-0.15, -0.1) is 0 Å². The molecule has 17 heavy (non-hydrogen) atoms. The van der Waals surface area contributed by atoms with Gasteiger partial charge in [0.2, 0.25) is 0 Å². The van der Waals surface area contributed by atoms with Gasteiger partial charge < -0.3 is 5.32 Å². The van der Waals surface area contributed by atoms with Gasteiger partial charge in [0, 0.05) is 18.8 Å². The van der Waals surface area contributed by atoms with Crippen LogP contribution in [0.1, 0.15) is 51.1 Å². The van der Waals surface area contributed by atoms with Crippen molar-refractivity contribution in [2.75, 3.05) is 0 Å². The zero-order valence-corrected chi connectivity index (χ0v) is 10.7. The standard InChI is InChI=1S/C14H23N3/c1-2-12-5-3-6-13(9-8-12)15-11-14-7-4-10-16-17-14/h4,7,10,12-13,15H,2-3,5-6,8-9,11H2,1H3. The highest BCUT2D eigenvalue weighted by Gasteiger charge is 2.17. The summed E-state index contributed by atoms with van der Waals surface area (Å²) in [5.41, 5.74) is 1.05. The molecule has 2 atom stereocenters. The van der Waals surface area contributed by atoms with E-state index in [0.29, 0.717) is 6.04 Å². The third kappa shape index (κ3) is 4.08. The SMILES string of the molecule is CCC1CCCC(NCc2cccnn2)CC1. The van der Waals surface area contributed by atoms with Gasteiger partial charge in [0.1, 0.15) is 0 Å². The summed E-state index contributed by atoms with van der Waals surface area (Å²) in [5.74, 6) is 0.957. The zero-order chi connectivity index (χ0) is 11.9. The zero-order valence-electron chi connectivity index (χ0n) is 10.7. The van der Waals surface area contributed by atoms with Crippen LogP contribution in [0.2, 0.25) is 0 Å². The number of hydrogen-bond acceptors (Lipinski definition) is 3. The number of hydrogen-bond donors (Lipinski definition) is 1. The second kappa shape index (κ2) is 6.70. The average molecular weight is 233 g/mol. The Hall–Kier alpha value is -0.960. The Bertz CT molecular complexity index is 313. The van der Waals surface area contributed by atoms with E-state index in [2.05, 4.69) is 22.4 Å². The molecule has 1 aromatic rings. The van der Waals surface area contributed by atoms with Gasteiger partial charge >= 0.3 is 0 Å². The topological polar surface area (TPSA) is 37.8 Å². The lowest BCUT2D eigenvalue weighted by molar-refractivity contribution is 0.423. The molecule has 2 unspecified atom stereocenters. The normalized spacial score (nSPS) is 25.5. The van der Waals surface area contributed by atoms with Gasteiger partial charge in [-0.1, -0.05) is 26.2 Å². The predicted octanol–water partition coefficient (Wildman–Crippen LogP) is 2.93. The molecule has 0 aliphatic heterocycles. The first-order chi connectivity index (χ1) is 8.38. The quantitative estimate of drug-likeness (QED) is 0.813. The van der Waals surface area contributed by atoms with Crippen LogP contribution in [0.25, 0.3) is 0 Å². The Morgan fingerprint density at radius 2 is 2.24 bits per heavy atom. The summed E-state index contributed by atoms with van der Waals surface area (Å²) in [5, 5.41) is 11.6. The van der Waals surface area contributed by atoms with E-state index >= 15 is 0 Å². The van der Waals surface area contributed by atoms with Gasteiger partial charge in [-0.2, -0.15) is 10.2 Å². The Morgan fingerprint density at radius 3 is 3.00 bits per heavy atom. The molecule has 0 amide bonds. The fraction of sp³-hybridized carbons (Fsp3) is 0.714. The predicted molar refractivity (Wildman–Crippen MR) is 69.5 cm³/mol. The lowest BCUT2D eigenvalue weighted by atomic mass is 9.98. The fourth-order valence-electron chi connectivity index (χ4n) is 2.67. The summed E-state index contributed by atoms with van der Waals surface area (Å²) in [6.07, 6.45) is 9.87. The summed E-state index contributed by atoms with van der Waals surface area (Å²) in [6.45, 7) is 3.17. The average Bonchev–Trinajstić information content (AvgIpc) is 2.62. The molecule has 0 radical (unpaired) electrons. The summed E-state index contributed by atoms with van der Waals surface area (Å²) in [4.78, 5) is 0. The van der Waals surface area contributed by atoms with Crippen molar-refractivity contribution in [2.24, 2.45) is 5.92 Å². The van der Waals surface area contributed by atoms with Crippen molar-refractivity contribution in [3.05, 3.63) is 24.0 Å². The molecule has 1 aromatic heterocycles. The van der Waals surface area contributed by atoms with Gasteiger partial charge in [-0.05, 0) is 37.3 Å². The van der Waals surface area contributed by atoms with Gasteiger partial charge in [0.15, 0.2) is 0 Å². The molecule has 2 rings (SSSR count). The first-order valence-electron chi connectivity index (χ1n) is 6.88. The minimum Gasteiger partial charge on any atom is -0.308 e. The maximum Gasteiger partial charge on any atom is 0.0769 e. The third-order valence-electron chi connectivity index (χ3n) is 3.87. The van der Waals surface area contributed by atoms with Crippen LogP contribution >= 0.6 is 0 Å². The van der Waals surface area contributed by atoms with Gasteiger partial charge in [0.05, 0.1) is 5.69 Å². The highest BCUT2D eigenvalue weighted by atomic mass is 15.1. The van der Waals surface area contributed by atoms with Crippen LogP contribution in [0.3, 0.4) is 0 Å². The molecule has 0 spiro atoms. The smallest absolute Gasteiger partial charge is 0.0769 e. The second-order valence-electron chi connectivity index (χ2n) is 5.08. The summed E-state index contributed by atoms with van der Waals surface area (Å²) < 4.78 is 0. The molecule has 3 heteroatoms. The van der Waals surface area contributed by atoms with E-state index in [1.165, 1.54) is 38.5 Å². The van der Waals surface area contributed by atoms with Crippen LogP contribution in [0.5, 0.6) is 0 Å². The van der Waals surface area contributed by atoms with Crippen LogP contribution in [0.15, 0.2) is 18.3 Å². The molecule has 94 valence electrons. The molecule has 0 saturated heterocycles. The summed E-state index contributed by atoms with van der Waals surface area (Å²) >= 11 is 0. The highest BCUT2D eigenvalue weighted by Crippen LogP contribution is 2.25. The van der Waals surface area contributed by atoms with Crippen LogP contribution in [-0.4, -0.2) is 16.2 Å². The maximum absolute atomic E-state index is 4.11. The molecule has 1 fully saturated rings. The fourth-order valence-corrected chi connectivity index (χ4v) is 2.67. The first-order valence-corrected chi connectivity index (χ1v) is 6.88. The largest absolute Gasteiger partial charge is 0.308 e. The van der Waals surface area contributed by atoms with Crippen molar-refractivity contribution < 1.29 is 0 Å². The number of rotatable bonds is 4. The van der Waals surface area contributed by atoms with Crippen LogP contribution in [0.4, 0.5) is 0 Å². The third-order valence-corrected chi connectivity index (χ3v) is 3.87. The molecule has 0 aromatic carbocycles. The molecule has 0 bridgehead atoms. The molecular formula is C14H23N3. The van der Waals surface area contributed by atoms with Gasteiger partial charge in [0.25, 0.3) is 0 Å². The Kier molecular flexibility index (Phi) is 4.92. The van der Waals surface area contributed by atoms with Crippen LogP contribution in [0, 0.1) is 5.92 Å². The van der Waals surface area contributed by atoms with Crippen molar-refractivity contribution in [3.8, 4) is 0 Å². The van der Waals surface area contributed by atoms with Crippen molar-refractivity contribution >= 4 is 0 Å². The van der Waals surface area contributed by atoms with E-state index in [1.807, 2.05) is 12.1 Å². The van der Waals surface area contributed by atoms with E-state index in [4.69, 9.17) is 0 Å². The second-order valence-corrected chi connectivity index (χ2v) is 5.08. The maximum atomic E-state index is 4.11. The Morgan fingerprint density at radius 1 is 1.29 bits per heavy atom. The molecule has 1 N–H and O–H groups in total. The van der Waals surface area contributed by atoms with Crippen LogP contribution in [-0.2, 0) is 6.54 Å².